The van der Waals surface area contributed by atoms with Gasteiger partial charge >= 0.3 is 29.0 Å². The van der Waals surface area contributed by atoms with Crippen molar-refractivity contribution < 1.29 is 48.5 Å². The monoisotopic (exact) mass is 707 g/mol. The second kappa shape index (κ2) is 16.3. The maximum absolute atomic E-state index is 12.4. The minimum absolute atomic E-state index is 0. The van der Waals surface area contributed by atoms with E-state index in [0.717, 1.165) is 89.4 Å². The molecular formula is C38H40ClFeN4O4. The summed E-state index contributed by atoms with van der Waals surface area (Å²) in [6.07, 6.45) is 5.01. The van der Waals surface area contributed by atoms with E-state index in [0.29, 0.717) is 26.1 Å². The molecule has 0 unspecified atom stereocenters. The van der Waals surface area contributed by atoms with Gasteiger partial charge in [-0.2, -0.15) is 0 Å². The van der Waals surface area contributed by atoms with Crippen molar-refractivity contribution in [1.29, 1.82) is 0 Å². The Kier molecular flexibility index (Phi) is 13.0. The minimum atomic E-state index is -0.259. The van der Waals surface area contributed by atoms with Crippen LogP contribution >= 0.6 is 0 Å². The fourth-order valence-electron chi connectivity index (χ4n) is 6.07. The van der Waals surface area contributed by atoms with Crippen LogP contribution in [0.25, 0.3) is 50.4 Å². The van der Waals surface area contributed by atoms with Gasteiger partial charge in [0.1, 0.15) is 0 Å². The molecule has 5 rings (SSSR count). The van der Waals surface area contributed by atoms with Gasteiger partial charge < -0.3 is 31.8 Å². The number of rotatable bonds is 10. The summed E-state index contributed by atoms with van der Waals surface area (Å²) in [7, 11) is 0. The third-order valence-electron chi connectivity index (χ3n) is 8.65. The number of halogens is 1. The molecule has 8 nitrogen and oxygen atoms in total. The average molecular weight is 708 g/mol. The van der Waals surface area contributed by atoms with Crippen molar-refractivity contribution >= 4 is 62.4 Å². The van der Waals surface area contributed by atoms with E-state index in [1.54, 1.807) is 13.8 Å². The molecule has 48 heavy (non-hydrogen) atoms. The van der Waals surface area contributed by atoms with Crippen LogP contribution in [0, 0.1) is 13.8 Å². The Labute approximate surface area is 298 Å². The van der Waals surface area contributed by atoms with Gasteiger partial charge in [-0.05, 0) is 76.7 Å². The van der Waals surface area contributed by atoms with Crippen molar-refractivity contribution in [1.82, 2.24) is 19.9 Å². The molecule has 1 radical (unpaired) electrons. The van der Waals surface area contributed by atoms with Crippen LogP contribution in [-0.2, 0) is 42.6 Å². The number of aryl methyl sites for hydroxylation is 3. The largest absolute Gasteiger partial charge is 3.00 e. The number of allylic oxidation sites excluding steroid dienone is 5. The van der Waals surface area contributed by atoms with Gasteiger partial charge in [-0.25, -0.2) is 9.97 Å². The maximum atomic E-state index is 12.4. The molecule has 2 aliphatic heterocycles. The van der Waals surface area contributed by atoms with Gasteiger partial charge in [-0.1, -0.05) is 66.3 Å². The van der Waals surface area contributed by atoms with E-state index >= 15 is 0 Å². The number of hydrogen-bond acceptors (Lipinski definition) is 6. The second-order valence-corrected chi connectivity index (χ2v) is 11.4. The molecule has 0 N–H and O–H groups in total. The van der Waals surface area contributed by atoms with Gasteiger partial charge in [0.15, 0.2) is 0 Å². The van der Waals surface area contributed by atoms with E-state index in [9.17, 15) is 9.59 Å². The van der Waals surface area contributed by atoms with Crippen LogP contribution in [-0.4, -0.2) is 35.1 Å². The van der Waals surface area contributed by atoms with Crippen LogP contribution in [0.5, 0.6) is 0 Å². The Morgan fingerprint density at radius 1 is 0.708 bits per heavy atom. The SMILES string of the molecule is C=CC1=C(C)c2cc3[n-]c(cc4nc(cc5[n-]c(cc1n2)c(C)c5CCC(=O)OCC)C(CCC(=O)OCC)=C4C)c(C)c3C=C.[Cl-].[Fe+3]. The van der Waals surface area contributed by atoms with Crippen LogP contribution in [0.4, 0.5) is 0 Å². The molecule has 3 aromatic rings. The Bertz CT molecular complexity index is 2000. The Balaban J connectivity index is 0.00000312. The molecule has 3 aromatic heterocycles. The first-order valence-corrected chi connectivity index (χ1v) is 15.7. The number of fused-ring (bicyclic) bond motifs is 8. The maximum Gasteiger partial charge on any atom is 3.00 e. The number of carbonyl (C=O) groups excluding carboxylic acids is 2. The average Bonchev–Trinajstić information content (AvgIpc) is 3.68. The topological polar surface area (TPSA) is 107 Å². The van der Waals surface area contributed by atoms with E-state index in [4.69, 9.17) is 29.4 Å². The number of aromatic nitrogens is 4. The number of esters is 2. The van der Waals surface area contributed by atoms with Crippen molar-refractivity contribution in [3.05, 3.63) is 88.5 Å². The van der Waals surface area contributed by atoms with Gasteiger partial charge in [0.25, 0.3) is 0 Å². The number of hydrogen-bond donors (Lipinski definition) is 0. The molecule has 0 atom stereocenters. The summed E-state index contributed by atoms with van der Waals surface area (Å²) in [5.74, 6) is -0.517. The smallest absolute Gasteiger partial charge is 1.00 e. The van der Waals surface area contributed by atoms with E-state index in [-0.39, 0.29) is 54.3 Å². The third kappa shape index (κ3) is 7.59. The van der Waals surface area contributed by atoms with Crippen LogP contribution < -0.4 is 22.4 Å². The molecule has 0 amide bonds. The van der Waals surface area contributed by atoms with Crippen LogP contribution in [0.3, 0.4) is 0 Å². The summed E-state index contributed by atoms with van der Waals surface area (Å²) < 4.78 is 10.5. The van der Waals surface area contributed by atoms with Crippen LogP contribution in [0.1, 0.15) is 92.0 Å². The van der Waals surface area contributed by atoms with E-state index in [2.05, 4.69) is 13.2 Å². The molecule has 0 aliphatic carbocycles. The molecule has 5 heterocycles. The van der Waals surface area contributed by atoms with Crippen molar-refractivity contribution in [2.75, 3.05) is 13.2 Å². The summed E-state index contributed by atoms with van der Waals surface area (Å²) in [6, 6.07) is 7.92. The Morgan fingerprint density at radius 3 is 1.85 bits per heavy atom. The summed E-state index contributed by atoms with van der Waals surface area (Å²) in [5.41, 5.74) is 13.7. The Hall–Kier alpha value is -4.17. The molecular weight excluding hydrogens is 668 g/mol. The normalized spacial score (nSPS) is 12.3. The van der Waals surface area contributed by atoms with E-state index in [1.165, 1.54) is 0 Å². The quantitative estimate of drug-likeness (QED) is 0.220. The molecule has 0 fully saturated rings. The first-order chi connectivity index (χ1) is 22.1. The summed E-state index contributed by atoms with van der Waals surface area (Å²) in [5, 5.41) is 0. The zero-order valence-electron chi connectivity index (χ0n) is 28.3. The second-order valence-electron chi connectivity index (χ2n) is 11.4. The van der Waals surface area contributed by atoms with Crippen LogP contribution in [0.2, 0.25) is 0 Å². The predicted octanol–water partition coefficient (Wildman–Crippen LogP) is 4.72. The van der Waals surface area contributed by atoms with Gasteiger partial charge in [0.05, 0.1) is 36.0 Å². The first-order valence-electron chi connectivity index (χ1n) is 15.7. The summed E-state index contributed by atoms with van der Waals surface area (Å²) in [4.78, 5) is 44.9. The number of carbonyl (C=O) groups is 2. The van der Waals surface area contributed by atoms with Gasteiger partial charge in [0, 0.05) is 18.4 Å². The molecule has 2 aliphatic rings. The number of ether oxygens (including phenoxy) is 2. The van der Waals surface area contributed by atoms with Gasteiger partial charge in [-0.3, -0.25) is 9.59 Å². The van der Waals surface area contributed by atoms with Crippen molar-refractivity contribution in [2.45, 2.75) is 67.2 Å². The molecule has 0 aromatic carbocycles. The molecule has 8 bridgehead atoms. The molecule has 0 saturated carbocycles. The van der Waals surface area contributed by atoms with Crippen LogP contribution in [0.15, 0.2) is 43.5 Å². The zero-order valence-corrected chi connectivity index (χ0v) is 30.1. The molecule has 251 valence electrons. The summed E-state index contributed by atoms with van der Waals surface area (Å²) >= 11 is 0. The molecule has 0 spiro atoms. The van der Waals surface area contributed by atoms with Gasteiger partial charge in [-0.15, -0.1) is 22.1 Å². The fraction of sp³-hybridized carbons (Fsp3) is 0.316. The zero-order chi connectivity index (χ0) is 33.1. The minimum Gasteiger partial charge on any atom is -1.00 e. The fourth-order valence-corrected chi connectivity index (χ4v) is 6.07. The van der Waals surface area contributed by atoms with Crippen molar-refractivity contribution in [3.63, 3.8) is 0 Å². The van der Waals surface area contributed by atoms with Crippen molar-refractivity contribution in [2.24, 2.45) is 0 Å². The van der Waals surface area contributed by atoms with E-state index < -0.39 is 0 Å². The standard InChI is InChI=1S/C38H40N4O4.ClH.Fe/c1-9-25-21(5)29-17-30-23(7)27(13-15-37(43)45-11-3)35(41-30)20-36-28(14-16-38(44)46-12-4)24(8)32(42-36)19-34-26(10-2)22(6)31(40-34)18-33(25)39-29;;/h9-10,17-20H,1-2,11-16H2,3-8H3;1H;/q-2;;+3/p-1. The summed E-state index contributed by atoms with van der Waals surface area (Å²) in [6.45, 7) is 20.5. The molecule has 10 heteroatoms. The predicted molar refractivity (Wildman–Crippen MR) is 184 cm³/mol. The Morgan fingerprint density at radius 2 is 1.23 bits per heavy atom. The van der Waals surface area contributed by atoms with Gasteiger partial charge in [0.2, 0.25) is 0 Å². The third-order valence-corrected chi connectivity index (χ3v) is 8.65. The first kappa shape index (κ1) is 38.3. The molecule has 0 saturated heterocycles. The van der Waals surface area contributed by atoms with E-state index in [1.807, 2.05) is 64.1 Å². The number of nitrogens with zero attached hydrogens (tertiary/aromatic N) is 4. The van der Waals surface area contributed by atoms with Crippen molar-refractivity contribution in [3.8, 4) is 0 Å².